The maximum Gasteiger partial charge on any atom is 0.289 e. The molecule has 0 radical (unpaired) electrons. The van der Waals surface area contributed by atoms with Crippen molar-refractivity contribution in [1.29, 1.82) is 0 Å². The smallest absolute Gasteiger partial charge is 0.289 e. The van der Waals surface area contributed by atoms with Gasteiger partial charge in [0, 0.05) is 153 Å². The molecule has 36 heteroatoms. The van der Waals surface area contributed by atoms with Gasteiger partial charge in [0.05, 0.1) is 66.7 Å². The Hall–Kier alpha value is -12.7. The topological polar surface area (TPSA) is 468 Å². The number of ketones is 1. The Morgan fingerprint density at radius 2 is 1.25 bits per heavy atom. The number of nitrogens with one attached hydrogen (secondary N) is 18. The molecular formula is C74H98N30O6. The number of aryl methyl sites for hydroxylation is 1. The van der Waals surface area contributed by atoms with Gasteiger partial charge in [0.1, 0.15) is 41.1 Å². The van der Waals surface area contributed by atoms with Crippen molar-refractivity contribution in [1.82, 2.24) is 108 Å². The molecule has 7 aliphatic rings. The van der Waals surface area contributed by atoms with Crippen LogP contribution in [-0.2, 0) is 55.0 Å². The Labute approximate surface area is 635 Å². The van der Waals surface area contributed by atoms with E-state index >= 15 is 0 Å². The van der Waals surface area contributed by atoms with Crippen molar-refractivity contribution in [3.8, 4) is 11.5 Å². The molecule has 14 heterocycles. The largest absolute Gasteiger partial charge is 0.463 e. The number of carbonyl (C=O) groups is 4. The summed E-state index contributed by atoms with van der Waals surface area (Å²) in [4.78, 5) is 67.7. The summed E-state index contributed by atoms with van der Waals surface area (Å²) in [5.41, 5.74) is 23.7. The zero-order chi connectivity index (χ0) is 77.5. The molecule has 36 nitrogen and oxygen atoms in total. The third-order valence-corrected chi connectivity index (χ3v) is 19.1. The van der Waals surface area contributed by atoms with Crippen molar-refractivity contribution in [2.45, 2.75) is 97.1 Å². The number of amides is 3. The molecule has 0 bridgehead atoms. The lowest BCUT2D eigenvalue weighted by Gasteiger charge is -2.34. The third-order valence-electron chi connectivity index (χ3n) is 19.1. The van der Waals surface area contributed by atoms with Crippen LogP contribution >= 0.6 is 0 Å². The number of aromatic nitrogens is 14. The van der Waals surface area contributed by atoms with Crippen LogP contribution in [0.4, 0.5) is 40.6 Å². The Morgan fingerprint density at radius 1 is 0.600 bits per heavy atom. The normalized spacial score (nSPS) is 18.3. The Bertz CT molecular complexity index is 4790. The molecule has 9 aromatic heterocycles. The fraction of sp³-hybridized carbons (Fsp3) is 0.378. The Morgan fingerprint density at radius 3 is 1.93 bits per heavy atom. The fourth-order valence-corrected chi connectivity index (χ4v) is 13.6. The van der Waals surface area contributed by atoms with Gasteiger partial charge in [0.15, 0.2) is 40.4 Å². The lowest BCUT2D eigenvalue weighted by Crippen LogP contribution is -2.44. The number of aromatic amines is 6. The summed E-state index contributed by atoms with van der Waals surface area (Å²) >= 11 is 0. The van der Waals surface area contributed by atoms with Crippen LogP contribution < -0.4 is 64.2 Å². The summed E-state index contributed by atoms with van der Waals surface area (Å²) in [5, 5.41) is 66.6. The first-order valence-corrected chi connectivity index (χ1v) is 36.3. The second-order valence-electron chi connectivity index (χ2n) is 27.0. The van der Waals surface area contributed by atoms with Crippen LogP contribution in [0.1, 0.15) is 99.9 Å². The van der Waals surface area contributed by atoms with Crippen LogP contribution in [-0.4, -0.2) is 198 Å². The van der Waals surface area contributed by atoms with E-state index < -0.39 is 0 Å². The van der Waals surface area contributed by atoms with Crippen molar-refractivity contribution in [3.05, 3.63) is 173 Å². The highest BCUT2D eigenvalue weighted by molar-refractivity contribution is 6.06. The first kappa shape index (κ1) is 78.4. The molecule has 3 amide bonds. The molecule has 18 N–H and O–H groups in total. The average molecular weight is 1500 g/mol. The van der Waals surface area contributed by atoms with Crippen molar-refractivity contribution in [2.24, 2.45) is 27.2 Å². The standard InChI is InChI=1S/C13H14N4O.C12H14N4O.C11H14N4O2.C10H17N3O.C8H9N3O.C8H13N3.C6H7N5.C6H10N4/c1-14-12-10-7-17(8-11(10)15-16-12)13(18)9-5-3-2-4-6-9;1-13-11-7-10(15-16-11)8-12(17)14-9-5-3-2-4-6-9;1-12-10-7-5-15(6-8(7)13-14-10)11(16)9-3-2-4-17-9;1-10(2)4-6-8(7(14)5-10)9(11-3)13-12-6;1-9-8-5-6(10-11-8)7-3-2-4-12-7;1-9-8-6-4-2-3-5-7(6)10-11-8;1-7-5-4-2-8-3-9-6(4)11-10-5;1-7-6-4-2-8-3-5(4)9-10-6/h2-6H,7-8H2,1H3,(H2,14,15,16);2-7H,8H2,1H3,(H,14,17)(H2,13,15,16);2-4,7-8,13H,5-6H2,1H3,(H,12,14);6,8,12H,4-5H2,1-3H3,(H,11,13);2-5H,1H3,(H2,9,10,11);2-5H2,1H3,(H2,9,10,11);2-3H,1H3,(H2,7,8,9,10,11);8H,2-3H2,1H3,(H2,7,9,10). The number of Topliss-reactive ketones (excluding diaryl/α,β-unsaturated/α-hetero) is 1. The fourth-order valence-electron chi connectivity index (χ4n) is 13.6. The number of anilines is 7. The monoisotopic (exact) mass is 1500 g/mol. The van der Waals surface area contributed by atoms with Gasteiger partial charge in [-0.2, -0.15) is 30.6 Å². The number of nitrogens with zero attached hydrogens (tertiary/aromatic N) is 12. The van der Waals surface area contributed by atoms with Crippen LogP contribution in [0.25, 0.3) is 22.5 Å². The molecule has 4 unspecified atom stereocenters. The highest BCUT2D eigenvalue weighted by atomic mass is 16.3. The Kier molecular flexibility index (Phi) is 26.9. The van der Waals surface area contributed by atoms with Crippen molar-refractivity contribution in [3.63, 3.8) is 0 Å². The molecule has 4 fully saturated rings. The van der Waals surface area contributed by atoms with E-state index in [0.29, 0.717) is 44.1 Å². The van der Waals surface area contributed by atoms with E-state index in [4.69, 9.17) is 8.83 Å². The van der Waals surface area contributed by atoms with Crippen LogP contribution in [0.2, 0.25) is 0 Å². The number of para-hydroxylation sites is 1. The number of hydrazine groups is 2. The first-order valence-electron chi connectivity index (χ1n) is 36.3. The summed E-state index contributed by atoms with van der Waals surface area (Å²) in [6.45, 7) is 8.69. The number of benzene rings is 2. The minimum absolute atomic E-state index is 0.0342. The SMILES string of the molecule is CN=C1NNC2CC(C)(C)CC(=O)C12.CN=C1NNC2CN(C(=O)c3ccco3)CC12.CNc1cc(-c2ccco2)[nH]n1.CNc1cc(CC(=O)Nc2ccccc2)[nH]n1.CNc1n[nH]c2c1CCCC2.CNc1n[nH]c2c1CN(C(=O)c1ccccc1)C2.CNc1n[nH]c2c1CNC2.CNc1n[nH]c2ncncc12. The lowest BCUT2D eigenvalue weighted by molar-refractivity contribution is -0.126. The van der Waals surface area contributed by atoms with Gasteiger partial charge in [0.25, 0.3) is 11.8 Å². The van der Waals surface area contributed by atoms with Crippen LogP contribution in [0, 0.1) is 17.3 Å². The molecule has 2 aromatic carbocycles. The number of hydrogen-bond donors (Lipinski definition) is 18. The number of rotatable bonds is 12. The molecule has 5 aliphatic heterocycles. The molecule has 580 valence electrons. The van der Waals surface area contributed by atoms with Gasteiger partial charge in [-0.05, 0) is 86.1 Å². The number of aliphatic imine (C=N–C) groups is 2. The number of furan rings is 2. The van der Waals surface area contributed by atoms with Gasteiger partial charge in [0.2, 0.25) is 5.91 Å². The van der Waals surface area contributed by atoms with Crippen LogP contribution in [0.5, 0.6) is 0 Å². The predicted molar refractivity (Wildman–Crippen MR) is 422 cm³/mol. The van der Waals surface area contributed by atoms with Gasteiger partial charge >= 0.3 is 0 Å². The molecule has 18 rings (SSSR count). The minimum atomic E-state index is -0.0671. The third kappa shape index (κ3) is 19.7. The Balaban J connectivity index is 0.000000126. The van der Waals surface area contributed by atoms with E-state index in [0.717, 1.165) is 117 Å². The van der Waals surface area contributed by atoms with Crippen molar-refractivity contribution >= 4 is 86.8 Å². The van der Waals surface area contributed by atoms with E-state index in [1.54, 1.807) is 50.6 Å². The van der Waals surface area contributed by atoms with E-state index in [1.807, 2.05) is 125 Å². The maximum absolute atomic E-state index is 12.3. The highest BCUT2D eigenvalue weighted by Gasteiger charge is 2.46. The summed E-state index contributed by atoms with van der Waals surface area (Å²) in [7, 11) is 14.5. The summed E-state index contributed by atoms with van der Waals surface area (Å²) < 4.78 is 10.3. The quantitative estimate of drug-likeness (QED) is 0.0580. The van der Waals surface area contributed by atoms with Gasteiger partial charge in [-0.25, -0.2) is 20.8 Å². The van der Waals surface area contributed by atoms with E-state index in [1.165, 1.54) is 60.8 Å². The molecule has 4 atom stereocenters. The zero-order valence-electron chi connectivity index (χ0n) is 63.4. The molecule has 3 saturated heterocycles. The summed E-state index contributed by atoms with van der Waals surface area (Å²) in [6.07, 6.45) is 13.3. The molecule has 0 spiro atoms. The number of amidine groups is 2. The number of hydrogen-bond acceptors (Lipinski definition) is 25. The summed E-state index contributed by atoms with van der Waals surface area (Å²) in [6, 6.07) is 30.0. The molecule has 110 heavy (non-hydrogen) atoms. The molecule has 2 aliphatic carbocycles. The zero-order valence-corrected chi connectivity index (χ0v) is 63.4. The lowest BCUT2D eigenvalue weighted by atomic mass is 9.70. The van der Waals surface area contributed by atoms with Crippen LogP contribution in [0.3, 0.4) is 0 Å². The highest BCUT2D eigenvalue weighted by Crippen LogP contribution is 2.38. The van der Waals surface area contributed by atoms with Gasteiger partial charge in [-0.3, -0.25) is 59.8 Å². The molecular weight excluding hydrogens is 1410 g/mol. The molecule has 1 saturated carbocycles. The van der Waals surface area contributed by atoms with Crippen LogP contribution in [0.15, 0.2) is 141 Å². The van der Waals surface area contributed by atoms with Gasteiger partial charge in [-0.1, -0.05) is 50.2 Å². The second-order valence-corrected chi connectivity index (χ2v) is 27.0. The average Bonchev–Trinajstić information content (AvgIpc) is 1.63. The number of H-pyrrole nitrogens is 6. The second kappa shape index (κ2) is 37.7. The number of fused-ring (bicyclic) bond motifs is 6. The number of likely N-dealkylation sites (tertiary alicyclic amines) is 1. The van der Waals surface area contributed by atoms with Gasteiger partial charge < -0.3 is 72.0 Å². The number of carbonyl (C=O) groups excluding carboxylic acids is 4. The maximum atomic E-state index is 12.3. The van der Waals surface area contributed by atoms with E-state index in [-0.39, 0.29) is 53.5 Å². The predicted octanol–water partition coefficient (Wildman–Crippen LogP) is 7.08. The molecule has 11 aromatic rings. The van der Waals surface area contributed by atoms with Crippen molar-refractivity contribution < 1.29 is 28.0 Å². The van der Waals surface area contributed by atoms with Crippen molar-refractivity contribution in [2.75, 3.05) is 107 Å². The first-order chi connectivity index (χ1) is 53.5. The van der Waals surface area contributed by atoms with E-state index in [2.05, 4.69) is 159 Å². The van der Waals surface area contributed by atoms with Gasteiger partial charge in [-0.15, -0.1) is 0 Å². The summed E-state index contributed by atoms with van der Waals surface area (Å²) in [5.74, 6) is 8.54. The van der Waals surface area contributed by atoms with E-state index in [9.17, 15) is 19.2 Å². The minimum Gasteiger partial charge on any atom is -0.463 e.